The van der Waals surface area contributed by atoms with Crippen LogP contribution in [0.25, 0.3) is 0 Å². The first-order valence-corrected chi connectivity index (χ1v) is 8.50. The molecule has 2 rings (SSSR count). The van der Waals surface area contributed by atoms with E-state index in [4.69, 9.17) is 5.73 Å². The highest BCUT2D eigenvalue weighted by molar-refractivity contribution is 4.89. The lowest BCUT2D eigenvalue weighted by atomic mass is 9.65. The highest BCUT2D eigenvalue weighted by atomic mass is 14.7. The van der Waals surface area contributed by atoms with Crippen LogP contribution in [-0.4, -0.2) is 6.04 Å². The molecule has 0 aromatic carbocycles. The predicted molar refractivity (Wildman–Crippen MR) is 79.5 cm³/mol. The van der Waals surface area contributed by atoms with Crippen LogP contribution in [0, 0.1) is 23.7 Å². The maximum atomic E-state index is 6.46. The number of nitrogens with two attached hydrogens (primary N) is 1. The number of hydrogen-bond donors (Lipinski definition) is 1. The van der Waals surface area contributed by atoms with Gasteiger partial charge in [-0.3, -0.25) is 0 Å². The average molecular weight is 251 g/mol. The molecule has 2 N–H and O–H groups in total. The average Bonchev–Trinajstić information content (AvgIpc) is 2.41. The minimum Gasteiger partial charge on any atom is -0.327 e. The van der Waals surface area contributed by atoms with E-state index in [1.807, 2.05) is 0 Å². The summed E-state index contributed by atoms with van der Waals surface area (Å²) in [6, 6.07) is 0.513. The second-order valence-corrected chi connectivity index (χ2v) is 7.00. The molecule has 1 heteroatoms. The van der Waals surface area contributed by atoms with Crippen molar-refractivity contribution in [1.82, 2.24) is 0 Å². The Kier molecular flexibility index (Phi) is 5.54. The van der Waals surface area contributed by atoms with Crippen LogP contribution in [0.15, 0.2) is 0 Å². The predicted octanol–water partition coefficient (Wildman–Crippen LogP) is 4.75. The van der Waals surface area contributed by atoms with Gasteiger partial charge in [-0.2, -0.15) is 0 Å². The van der Waals surface area contributed by atoms with E-state index in [0.717, 1.165) is 23.7 Å². The zero-order chi connectivity index (χ0) is 13.0. The smallest absolute Gasteiger partial charge is 0.00700 e. The molecule has 0 aromatic heterocycles. The van der Waals surface area contributed by atoms with Gasteiger partial charge in [0.1, 0.15) is 0 Å². The van der Waals surface area contributed by atoms with Crippen molar-refractivity contribution in [2.45, 2.75) is 84.1 Å². The van der Waals surface area contributed by atoms with E-state index in [-0.39, 0.29) is 0 Å². The minimum atomic E-state index is 0.513. The first kappa shape index (κ1) is 14.4. The van der Waals surface area contributed by atoms with E-state index in [1.54, 1.807) is 0 Å². The maximum Gasteiger partial charge on any atom is 0.00700 e. The lowest BCUT2D eigenvalue weighted by molar-refractivity contribution is 0.110. The summed E-state index contributed by atoms with van der Waals surface area (Å²) in [5, 5.41) is 0. The fraction of sp³-hybridized carbons (Fsp3) is 1.00. The minimum absolute atomic E-state index is 0.513. The quantitative estimate of drug-likeness (QED) is 0.767. The van der Waals surface area contributed by atoms with Crippen molar-refractivity contribution >= 4 is 0 Å². The Morgan fingerprint density at radius 1 is 0.944 bits per heavy atom. The molecule has 0 amide bonds. The Morgan fingerprint density at radius 3 is 2.50 bits per heavy atom. The first-order valence-electron chi connectivity index (χ1n) is 8.50. The Labute approximate surface area is 114 Å². The molecule has 0 aliphatic heterocycles. The van der Waals surface area contributed by atoms with Gasteiger partial charge in [-0.05, 0) is 49.4 Å². The largest absolute Gasteiger partial charge is 0.327 e. The van der Waals surface area contributed by atoms with Gasteiger partial charge in [-0.1, -0.05) is 52.4 Å². The van der Waals surface area contributed by atoms with Gasteiger partial charge < -0.3 is 5.73 Å². The highest BCUT2D eigenvalue weighted by Gasteiger charge is 2.35. The third-order valence-corrected chi connectivity index (χ3v) is 5.77. The molecule has 106 valence electrons. The fourth-order valence-electron chi connectivity index (χ4n) is 4.62. The molecular weight excluding hydrogens is 218 g/mol. The van der Waals surface area contributed by atoms with Crippen LogP contribution in [0.3, 0.4) is 0 Å². The van der Waals surface area contributed by atoms with Crippen LogP contribution in [0.4, 0.5) is 0 Å². The third-order valence-electron chi connectivity index (χ3n) is 5.77. The van der Waals surface area contributed by atoms with Gasteiger partial charge in [-0.15, -0.1) is 0 Å². The van der Waals surface area contributed by atoms with Crippen LogP contribution >= 0.6 is 0 Å². The van der Waals surface area contributed by atoms with Gasteiger partial charge in [0.2, 0.25) is 0 Å². The van der Waals surface area contributed by atoms with Crippen molar-refractivity contribution in [3.8, 4) is 0 Å². The molecule has 2 saturated carbocycles. The monoisotopic (exact) mass is 251 g/mol. The maximum absolute atomic E-state index is 6.46. The first-order chi connectivity index (χ1) is 8.74. The molecule has 1 nitrogen and oxygen atoms in total. The van der Waals surface area contributed by atoms with Crippen molar-refractivity contribution in [3.63, 3.8) is 0 Å². The van der Waals surface area contributed by atoms with Crippen LogP contribution < -0.4 is 5.73 Å². The Morgan fingerprint density at radius 2 is 1.78 bits per heavy atom. The van der Waals surface area contributed by atoms with E-state index in [9.17, 15) is 0 Å². The summed E-state index contributed by atoms with van der Waals surface area (Å²) < 4.78 is 0. The molecular formula is C17H33N. The van der Waals surface area contributed by atoms with Crippen molar-refractivity contribution < 1.29 is 0 Å². The topological polar surface area (TPSA) is 26.0 Å². The van der Waals surface area contributed by atoms with E-state index in [1.165, 1.54) is 64.2 Å². The van der Waals surface area contributed by atoms with Crippen LogP contribution in [0.1, 0.15) is 78.1 Å². The standard InChI is InChI=1S/C17H33N/c1-3-6-14-9-10-17(18)16(12-14)15-8-5-7-13(4-2)11-15/h13-17H,3-12,18H2,1-2H3. The molecule has 0 spiro atoms. The molecule has 0 heterocycles. The lowest BCUT2D eigenvalue weighted by Gasteiger charge is -2.42. The summed E-state index contributed by atoms with van der Waals surface area (Å²) in [4.78, 5) is 0. The van der Waals surface area contributed by atoms with E-state index < -0.39 is 0 Å². The summed E-state index contributed by atoms with van der Waals surface area (Å²) >= 11 is 0. The molecule has 5 unspecified atom stereocenters. The molecule has 0 saturated heterocycles. The molecule has 18 heavy (non-hydrogen) atoms. The van der Waals surface area contributed by atoms with E-state index in [2.05, 4.69) is 13.8 Å². The second-order valence-electron chi connectivity index (χ2n) is 7.00. The van der Waals surface area contributed by atoms with Gasteiger partial charge in [0.25, 0.3) is 0 Å². The molecule has 2 aliphatic rings. The zero-order valence-electron chi connectivity index (χ0n) is 12.5. The molecule has 0 aromatic rings. The zero-order valence-corrected chi connectivity index (χ0v) is 12.5. The van der Waals surface area contributed by atoms with Gasteiger partial charge in [-0.25, -0.2) is 0 Å². The summed E-state index contributed by atoms with van der Waals surface area (Å²) in [6.07, 6.45) is 14.2. The summed E-state index contributed by atoms with van der Waals surface area (Å²) in [5.74, 6) is 3.80. The Balaban J connectivity index is 1.92. The van der Waals surface area contributed by atoms with Crippen LogP contribution in [0.5, 0.6) is 0 Å². The summed E-state index contributed by atoms with van der Waals surface area (Å²) in [5.41, 5.74) is 6.46. The third kappa shape index (κ3) is 3.50. The molecule has 5 atom stereocenters. The highest BCUT2D eigenvalue weighted by Crippen LogP contribution is 2.43. The Hall–Kier alpha value is -0.0400. The van der Waals surface area contributed by atoms with Gasteiger partial charge in [0, 0.05) is 6.04 Å². The van der Waals surface area contributed by atoms with Crippen molar-refractivity contribution in [2.75, 3.05) is 0 Å². The summed E-state index contributed by atoms with van der Waals surface area (Å²) in [6.45, 7) is 4.70. The Bertz CT molecular complexity index is 238. The van der Waals surface area contributed by atoms with Crippen molar-refractivity contribution in [2.24, 2.45) is 29.4 Å². The van der Waals surface area contributed by atoms with Gasteiger partial charge in [0.15, 0.2) is 0 Å². The van der Waals surface area contributed by atoms with E-state index >= 15 is 0 Å². The fourth-order valence-corrected chi connectivity index (χ4v) is 4.62. The second kappa shape index (κ2) is 6.93. The van der Waals surface area contributed by atoms with Gasteiger partial charge >= 0.3 is 0 Å². The van der Waals surface area contributed by atoms with Crippen LogP contribution in [0.2, 0.25) is 0 Å². The molecule has 0 radical (unpaired) electrons. The molecule has 2 fully saturated rings. The number of rotatable bonds is 4. The van der Waals surface area contributed by atoms with Crippen LogP contribution in [-0.2, 0) is 0 Å². The summed E-state index contributed by atoms with van der Waals surface area (Å²) in [7, 11) is 0. The van der Waals surface area contributed by atoms with E-state index in [0.29, 0.717) is 6.04 Å². The normalized spacial score (nSPS) is 41.8. The molecule has 2 aliphatic carbocycles. The molecule has 0 bridgehead atoms. The number of hydrogen-bond acceptors (Lipinski definition) is 1. The SMILES string of the molecule is CCCC1CCC(N)C(C2CCCC(CC)C2)C1. The van der Waals surface area contributed by atoms with Crippen molar-refractivity contribution in [1.29, 1.82) is 0 Å². The van der Waals surface area contributed by atoms with Crippen molar-refractivity contribution in [3.05, 3.63) is 0 Å². The van der Waals surface area contributed by atoms with Gasteiger partial charge in [0.05, 0.1) is 0 Å². The lowest BCUT2D eigenvalue weighted by Crippen LogP contribution is -2.41.